The van der Waals surface area contributed by atoms with E-state index >= 15 is 0 Å². The quantitative estimate of drug-likeness (QED) is 0.916. The summed E-state index contributed by atoms with van der Waals surface area (Å²) in [6.07, 6.45) is 2.83. The van der Waals surface area contributed by atoms with E-state index in [0.29, 0.717) is 38.2 Å². The normalized spacial score (nSPS) is 20.1. The number of benzene rings is 1. The highest BCUT2D eigenvalue weighted by Gasteiger charge is 2.47. The first-order valence-corrected chi connectivity index (χ1v) is 7.90. The molecule has 1 saturated carbocycles. The van der Waals surface area contributed by atoms with E-state index in [9.17, 15) is 18.7 Å². The summed E-state index contributed by atoms with van der Waals surface area (Å²) in [5.41, 5.74) is -1.37. The SMILES string of the molecule is CC(F)(F)c1cc2c(cc1C1(C(=O)O)CCCC1)OCCCO2. The molecule has 6 heteroatoms. The summed E-state index contributed by atoms with van der Waals surface area (Å²) in [6.45, 7) is 1.61. The molecule has 1 heterocycles. The van der Waals surface area contributed by atoms with E-state index in [-0.39, 0.29) is 16.9 Å². The van der Waals surface area contributed by atoms with Crippen LogP contribution < -0.4 is 9.47 Å². The van der Waals surface area contributed by atoms with Crippen molar-refractivity contribution >= 4 is 5.97 Å². The lowest BCUT2D eigenvalue weighted by Gasteiger charge is -2.30. The second-order valence-corrected chi connectivity index (χ2v) is 6.38. The molecular formula is C17H20F2O4. The molecule has 0 spiro atoms. The molecule has 1 aromatic carbocycles. The van der Waals surface area contributed by atoms with Gasteiger partial charge in [-0.1, -0.05) is 12.8 Å². The average Bonchev–Trinajstić information content (AvgIpc) is 2.86. The highest BCUT2D eigenvalue weighted by atomic mass is 19.3. The molecule has 0 radical (unpaired) electrons. The van der Waals surface area contributed by atoms with Crippen molar-refractivity contribution in [1.82, 2.24) is 0 Å². The van der Waals surface area contributed by atoms with E-state index in [2.05, 4.69) is 0 Å². The summed E-state index contributed by atoms with van der Waals surface area (Å²) in [7, 11) is 0. The lowest BCUT2D eigenvalue weighted by Crippen LogP contribution is -2.35. The Hall–Kier alpha value is -1.85. The molecule has 3 rings (SSSR count). The molecule has 0 aromatic heterocycles. The van der Waals surface area contributed by atoms with Gasteiger partial charge in [-0.05, 0) is 30.5 Å². The van der Waals surface area contributed by atoms with Gasteiger partial charge in [0, 0.05) is 18.9 Å². The topological polar surface area (TPSA) is 55.8 Å². The zero-order valence-electron chi connectivity index (χ0n) is 13.0. The number of halogens is 2. The molecule has 0 atom stereocenters. The number of fused-ring (bicyclic) bond motifs is 1. The number of carbonyl (C=O) groups is 1. The second kappa shape index (κ2) is 5.65. The minimum absolute atomic E-state index is 0.166. The lowest BCUT2D eigenvalue weighted by atomic mass is 9.75. The summed E-state index contributed by atoms with van der Waals surface area (Å²) >= 11 is 0. The molecule has 4 nitrogen and oxygen atoms in total. The third-order valence-corrected chi connectivity index (χ3v) is 4.74. The van der Waals surface area contributed by atoms with Crippen molar-refractivity contribution in [3.8, 4) is 11.5 Å². The minimum atomic E-state index is -3.15. The monoisotopic (exact) mass is 326 g/mol. The molecule has 23 heavy (non-hydrogen) atoms. The van der Waals surface area contributed by atoms with E-state index in [1.165, 1.54) is 12.1 Å². The summed E-state index contributed by atoms with van der Waals surface area (Å²) in [5.74, 6) is -3.57. The molecule has 2 aliphatic rings. The van der Waals surface area contributed by atoms with E-state index in [1.807, 2.05) is 0 Å². The van der Waals surface area contributed by atoms with Gasteiger partial charge in [-0.2, -0.15) is 0 Å². The zero-order valence-corrected chi connectivity index (χ0v) is 13.0. The third-order valence-electron chi connectivity index (χ3n) is 4.74. The van der Waals surface area contributed by atoms with Gasteiger partial charge in [0.15, 0.2) is 11.5 Å². The van der Waals surface area contributed by atoms with E-state index < -0.39 is 17.3 Å². The Morgan fingerprint density at radius 3 is 2.22 bits per heavy atom. The Kier molecular flexibility index (Phi) is 3.94. The van der Waals surface area contributed by atoms with Crippen LogP contribution in [0.4, 0.5) is 8.78 Å². The Morgan fingerprint density at radius 2 is 1.70 bits per heavy atom. The number of aliphatic carboxylic acids is 1. The second-order valence-electron chi connectivity index (χ2n) is 6.38. The fraction of sp³-hybridized carbons (Fsp3) is 0.588. The van der Waals surface area contributed by atoms with E-state index in [0.717, 1.165) is 19.8 Å². The fourth-order valence-electron chi connectivity index (χ4n) is 3.54. The van der Waals surface area contributed by atoms with Crippen LogP contribution in [0.1, 0.15) is 50.2 Å². The number of hydrogen-bond acceptors (Lipinski definition) is 3. The molecule has 0 saturated heterocycles. The van der Waals surface area contributed by atoms with Crippen LogP contribution in [0.15, 0.2) is 12.1 Å². The largest absolute Gasteiger partial charge is 0.490 e. The van der Waals surface area contributed by atoms with E-state index in [1.54, 1.807) is 0 Å². The summed E-state index contributed by atoms with van der Waals surface area (Å²) < 4.78 is 39.4. The van der Waals surface area contributed by atoms with Gasteiger partial charge < -0.3 is 14.6 Å². The van der Waals surface area contributed by atoms with Crippen LogP contribution >= 0.6 is 0 Å². The van der Waals surface area contributed by atoms with E-state index in [4.69, 9.17) is 9.47 Å². The molecule has 1 aliphatic carbocycles. The number of carboxylic acids is 1. The van der Waals surface area contributed by atoms with Crippen LogP contribution in [0, 0.1) is 0 Å². The van der Waals surface area contributed by atoms with Crippen LogP contribution in [0.25, 0.3) is 0 Å². The molecule has 1 aromatic rings. The molecular weight excluding hydrogens is 306 g/mol. The molecule has 1 fully saturated rings. The Labute approximate surface area is 133 Å². The number of ether oxygens (including phenoxy) is 2. The molecule has 126 valence electrons. The first-order valence-electron chi connectivity index (χ1n) is 7.90. The van der Waals surface area contributed by atoms with Gasteiger partial charge in [0.25, 0.3) is 5.92 Å². The highest BCUT2D eigenvalue weighted by molar-refractivity contribution is 5.83. The number of rotatable bonds is 3. The van der Waals surface area contributed by atoms with Gasteiger partial charge in [-0.3, -0.25) is 4.79 Å². The zero-order chi connectivity index (χ0) is 16.7. The van der Waals surface area contributed by atoms with Gasteiger partial charge in [-0.25, -0.2) is 8.78 Å². The van der Waals surface area contributed by atoms with Crippen molar-refractivity contribution in [1.29, 1.82) is 0 Å². The van der Waals surface area contributed by atoms with Gasteiger partial charge in [0.2, 0.25) is 0 Å². The molecule has 1 N–H and O–H groups in total. The van der Waals surface area contributed by atoms with Crippen LogP contribution in [0.2, 0.25) is 0 Å². The maximum absolute atomic E-state index is 14.2. The van der Waals surface area contributed by atoms with Crippen molar-refractivity contribution in [3.63, 3.8) is 0 Å². The van der Waals surface area contributed by atoms with Crippen LogP contribution in [-0.4, -0.2) is 24.3 Å². The van der Waals surface area contributed by atoms with Crippen molar-refractivity contribution in [3.05, 3.63) is 23.3 Å². The fourth-order valence-corrected chi connectivity index (χ4v) is 3.54. The Morgan fingerprint density at radius 1 is 1.13 bits per heavy atom. The van der Waals surface area contributed by atoms with Gasteiger partial charge in [-0.15, -0.1) is 0 Å². The van der Waals surface area contributed by atoms with Crippen molar-refractivity contribution in [2.45, 2.75) is 50.4 Å². The predicted octanol–water partition coefficient (Wildman–Crippen LogP) is 3.86. The van der Waals surface area contributed by atoms with Crippen molar-refractivity contribution in [2.75, 3.05) is 13.2 Å². The minimum Gasteiger partial charge on any atom is -0.490 e. The maximum atomic E-state index is 14.2. The van der Waals surface area contributed by atoms with Crippen LogP contribution in [0.5, 0.6) is 11.5 Å². The number of carboxylic acid groups (broad SMARTS) is 1. The standard InChI is InChI=1S/C17H20F2O4/c1-16(18,19)11-9-13-14(23-8-4-7-22-13)10-12(11)17(15(20)21)5-2-3-6-17/h9-10H,2-8H2,1H3,(H,20,21). The van der Waals surface area contributed by atoms with Gasteiger partial charge in [0.1, 0.15) is 0 Å². The number of alkyl halides is 2. The highest BCUT2D eigenvalue weighted by Crippen LogP contribution is 2.49. The smallest absolute Gasteiger partial charge is 0.314 e. The predicted molar refractivity (Wildman–Crippen MR) is 79.4 cm³/mol. The molecule has 0 unspecified atom stereocenters. The molecule has 0 amide bonds. The van der Waals surface area contributed by atoms with Crippen LogP contribution in [0.3, 0.4) is 0 Å². The van der Waals surface area contributed by atoms with Gasteiger partial charge in [0.05, 0.1) is 18.6 Å². The summed E-state index contributed by atoms with van der Waals surface area (Å²) in [6, 6.07) is 2.73. The lowest BCUT2D eigenvalue weighted by molar-refractivity contribution is -0.143. The maximum Gasteiger partial charge on any atom is 0.314 e. The average molecular weight is 326 g/mol. The third kappa shape index (κ3) is 2.75. The first-order chi connectivity index (χ1) is 10.8. The van der Waals surface area contributed by atoms with Crippen molar-refractivity contribution < 1.29 is 28.2 Å². The molecule has 0 bridgehead atoms. The number of hydrogen-bond donors (Lipinski definition) is 1. The summed E-state index contributed by atoms with van der Waals surface area (Å²) in [4.78, 5) is 11.9. The Balaban J connectivity index is 2.21. The first kappa shape index (κ1) is 16.0. The van der Waals surface area contributed by atoms with Gasteiger partial charge >= 0.3 is 5.97 Å². The van der Waals surface area contributed by atoms with Crippen molar-refractivity contribution in [2.24, 2.45) is 0 Å². The molecule has 1 aliphatic heterocycles. The van der Waals surface area contributed by atoms with Crippen LogP contribution in [-0.2, 0) is 16.1 Å². The summed E-state index contributed by atoms with van der Waals surface area (Å²) in [5, 5.41) is 9.75. The Bertz CT molecular complexity index is 616.